The molecule has 0 aliphatic carbocycles. The second-order valence-electron chi connectivity index (χ2n) is 7.40. The van der Waals surface area contributed by atoms with E-state index in [0.29, 0.717) is 21.8 Å². The van der Waals surface area contributed by atoms with Crippen LogP contribution in [-0.2, 0) is 22.5 Å². The van der Waals surface area contributed by atoms with Crippen LogP contribution in [0, 0.1) is 5.82 Å². The Labute approximate surface area is 174 Å². The summed E-state index contributed by atoms with van der Waals surface area (Å²) in [6.45, 7) is 5.43. The van der Waals surface area contributed by atoms with Gasteiger partial charge in [-0.15, -0.1) is 0 Å². The maximum absolute atomic E-state index is 14.5. The summed E-state index contributed by atoms with van der Waals surface area (Å²) in [5.41, 5.74) is 3.68. The molecule has 1 fully saturated rings. The van der Waals surface area contributed by atoms with Crippen LogP contribution in [0.2, 0.25) is 5.02 Å². The number of hydrogen-bond acceptors (Lipinski definition) is 4. The van der Waals surface area contributed by atoms with Crippen LogP contribution < -0.4 is 0 Å². The molecule has 2 aromatic carbocycles. The molecular weight excluding hydrogens is 391 g/mol. The Morgan fingerprint density at radius 1 is 1.14 bits per heavy atom. The van der Waals surface area contributed by atoms with Gasteiger partial charge in [-0.1, -0.05) is 29.8 Å². The standard InChI is InChI=1S/C23H22ClFN2O2/c1-15(28)10-16-2-3-17(11-21(16)25)22-12-18(14-27-6-8-29-9-7-27)20-5-4-19(24)13-23(20)26-22/h2-5,11-13H,6-10,14H2,1H3. The fourth-order valence-corrected chi connectivity index (χ4v) is 3.84. The van der Waals surface area contributed by atoms with E-state index in [0.717, 1.165) is 49.3 Å². The predicted molar refractivity (Wildman–Crippen MR) is 113 cm³/mol. The summed E-state index contributed by atoms with van der Waals surface area (Å²) in [7, 11) is 0. The van der Waals surface area contributed by atoms with Gasteiger partial charge in [-0.25, -0.2) is 9.37 Å². The van der Waals surface area contributed by atoms with Gasteiger partial charge in [0.05, 0.1) is 24.4 Å². The maximum Gasteiger partial charge on any atom is 0.134 e. The van der Waals surface area contributed by atoms with Crippen molar-refractivity contribution in [1.82, 2.24) is 9.88 Å². The number of rotatable bonds is 5. The first-order valence-electron chi connectivity index (χ1n) is 9.67. The van der Waals surface area contributed by atoms with Crippen molar-refractivity contribution in [2.45, 2.75) is 19.9 Å². The van der Waals surface area contributed by atoms with E-state index in [1.807, 2.05) is 30.3 Å². The molecule has 0 amide bonds. The van der Waals surface area contributed by atoms with Crippen LogP contribution in [0.15, 0.2) is 42.5 Å². The van der Waals surface area contributed by atoms with Gasteiger partial charge in [0.2, 0.25) is 0 Å². The van der Waals surface area contributed by atoms with Gasteiger partial charge >= 0.3 is 0 Å². The van der Waals surface area contributed by atoms with Crippen LogP contribution >= 0.6 is 11.6 Å². The van der Waals surface area contributed by atoms with Gasteiger partial charge in [-0.05, 0) is 42.3 Å². The Bertz CT molecular complexity index is 1060. The quantitative estimate of drug-likeness (QED) is 0.611. The molecule has 1 aliphatic rings. The van der Waals surface area contributed by atoms with Crippen molar-refractivity contribution >= 4 is 28.3 Å². The lowest BCUT2D eigenvalue weighted by Gasteiger charge is -2.27. The Morgan fingerprint density at radius 2 is 1.93 bits per heavy atom. The van der Waals surface area contributed by atoms with E-state index in [4.69, 9.17) is 21.3 Å². The number of morpholine rings is 1. The number of ether oxygens (including phenoxy) is 1. The lowest BCUT2D eigenvalue weighted by Crippen LogP contribution is -2.35. The first-order chi connectivity index (χ1) is 14.0. The molecule has 150 valence electrons. The normalized spacial score (nSPS) is 15.0. The largest absolute Gasteiger partial charge is 0.379 e. The Morgan fingerprint density at radius 3 is 2.66 bits per heavy atom. The molecule has 0 radical (unpaired) electrons. The lowest BCUT2D eigenvalue weighted by molar-refractivity contribution is -0.116. The number of aromatic nitrogens is 1. The SMILES string of the molecule is CC(=O)Cc1ccc(-c2cc(CN3CCOCC3)c3ccc(Cl)cc3n2)cc1F. The minimum Gasteiger partial charge on any atom is -0.379 e. The highest BCUT2D eigenvalue weighted by molar-refractivity contribution is 6.31. The number of hydrogen-bond donors (Lipinski definition) is 0. The number of halogens is 2. The van der Waals surface area contributed by atoms with Gasteiger partial charge in [0.1, 0.15) is 11.6 Å². The minimum atomic E-state index is -0.388. The van der Waals surface area contributed by atoms with Crippen molar-refractivity contribution in [2.75, 3.05) is 26.3 Å². The molecule has 0 saturated carbocycles. The summed E-state index contributed by atoms with van der Waals surface area (Å²) in [6, 6.07) is 12.6. The summed E-state index contributed by atoms with van der Waals surface area (Å²) in [5.74, 6) is -0.455. The molecule has 4 nitrogen and oxygen atoms in total. The number of ketones is 1. The van der Waals surface area contributed by atoms with Gasteiger partial charge in [-0.3, -0.25) is 9.69 Å². The van der Waals surface area contributed by atoms with E-state index in [-0.39, 0.29) is 18.0 Å². The van der Waals surface area contributed by atoms with Crippen LogP contribution in [0.1, 0.15) is 18.1 Å². The molecule has 4 rings (SSSR count). The number of carbonyl (C=O) groups excluding carboxylic acids is 1. The molecule has 6 heteroatoms. The smallest absolute Gasteiger partial charge is 0.134 e. The fourth-order valence-electron chi connectivity index (χ4n) is 3.67. The molecule has 3 aromatic rings. The topological polar surface area (TPSA) is 42.4 Å². The Hall–Kier alpha value is -2.34. The minimum absolute atomic E-state index is 0.0667. The van der Waals surface area contributed by atoms with Gasteiger partial charge in [0.25, 0.3) is 0 Å². The van der Waals surface area contributed by atoms with Crippen LogP contribution in [0.3, 0.4) is 0 Å². The summed E-state index contributed by atoms with van der Waals surface area (Å²) in [5, 5.41) is 1.65. The summed E-state index contributed by atoms with van der Waals surface area (Å²) < 4.78 is 20.0. The van der Waals surface area contributed by atoms with Crippen LogP contribution in [0.5, 0.6) is 0 Å². The molecule has 0 N–H and O–H groups in total. The zero-order chi connectivity index (χ0) is 20.4. The number of Topliss-reactive ketones (excluding diaryl/α,β-unsaturated/α-hetero) is 1. The first-order valence-corrected chi connectivity index (χ1v) is 10.0. The Balaban J connectivity index is 1.76. The number of nitrogens with zero attached hydrogens (tertiary/aromatic N) is 2. The zero-order valence-corrected chi connectivity index (χ0v) is 17.0. The van der Waals surface area contributed by atoms with Gasteiger partial charge in [-0.2, -0.15) is 0 Å². The molecule has 0 spiro atoms. The number of fused-ring (bicyclic) bond motifs is 1. The maximum atomic E-state index is 14.5. The van der Waals surface area contributed by atoms with E-state index < -0.39 is 0 Å². The second kappa shape index (κ2) is 8.57. The summed E-state index contributed by atoms with van der Waals surface area (Å²) in [4.78, 5) is 18.4. The van der Waals surface area contributed by atoms with E-state index in [1.165, 1.54) is 13.0 Å². The molecule has 1 aromatic heterocycles. The molecule has 1 aliphatic heterocycles. The Kier molecular flexibility index (Phi) is 5.90. The van der Waals surface area contributed by atoms with Crippen LogP contribution in [0.4, 0.5) is 4.39 Å². The average molecular weight is 413 g/mol. The monoisotopic (exact) mass is 412 g/mol. The van der Waals surface area contributed by atoms with E-state index >= 15 is 0 Å². The molecule has 29 heavy (non-hydrogen) atoms. The van der Waals surface area contributed by atoms with Crippen molar-refractivity contribution in [2.24, 2.45) is 0 Å². The van der Waals surface area contributed by atoms with Crippen molar-refractivity contribution in [3.05, 3.63) is 64.4 Å². The van der Waals surface area contributed by atoms with Crippen LogP contribution in [-0.4, -0.2) is 42.0 Å². The number of pyridine rings is 1. The summed E-state index contributed by atoms with van der Waals surface area (Å²) in [6.07, 6.45) is 0.0924. The lowest BCUT2D eigenvalue weighted by atomic mass is 10.0. The van der Waals surface area contributed by atoms with E-state index in [1.54, 1.807) is 6.07 Å². The van der Waals surface area contributed by atoms with Gasteiger partial charge < -0.3 is 4.74 Å². The molecule has 0 unspecified atom stereocenters. The molecule has 1 saturated heterocycles. The fraction of sp³-hybridized carbons (Fsp3) is 0.304. The molecular formula is C23H22ClFN2O2. The highest BCUT2D eigenvalue weighted by Gasteiger charge is 2.15. The number of benzene rings is 2. The highest BCUT2D eigenvalue weighted by Crippen LogP contribution is 2.29. The number of carbonyl (C=O) groups is 1. The first kappa shape index (κ1) is 20.0. The third-order valence-electron chi connectivity index (χ3n) is 5.14. The van der Waals surface area contributed by atoms with Crippen molar-refractivity contribution in [3.8, 4) is 11.3 Å². The molecule has 0 atom stereocenters. The predicted octanol–water partition coefficient (Wildman–Crippen LogP) is 4.66. The third-order valence-corrected chi connectivity index (χ3v) is 5.38. The van der Waals surface area contributed by atoms with Crippen LogP contribution in [0.25, 0.3) is 22.2 Å². The molecule has 2 heterocycles. The van der Waals surface area contributed by atoms with Gasteiger partial charge in [0.15, 0.2) is 0 Å². The van der Waals surface area contributed by atoms with E-state index in [2.05, 4.69) is 4.90 Å². The molecule has 0 bridgehead atoms. The third kappa shape index (κ3) is 4.64. The average Bonchev–Trinajstić information content (AvgIpc) is 2.69. The zero-order valence-electron chi connectivity index (χ0n) is 16.3. The second-order valence-corrected chi connectivity index (χ2v) is 7.84. The van der Waals surface area contributed by atoms with E-state index in [9.17, 15) is 9.18 Å². The highest BCUT2D eigenvalue weighted by atomic mass is 35.5. The van der Waals surface area contributed by atoms with Gasteiger partial charge in [0, 0.05) is 42.0 Å². The summed E-state index contributed by atoms with van der Waals surface area (Å²) >= 11 is 6.20. The van der Waals surface area contributed by atoms with Crippen molar-refractivity contribution in [1.29, 1.82) is 0 Å². The van der Waals surface area contributed by atoms with Crippen molar-refractivity contribution in [3.63, 3.8) is 0 Å². The van der Waals surface area contributed by atoms with Crippen molar-refractivity contribution < 1.29 is 13.9 Å².